The fraction of sp³-hybridized carbons (Fsp3) is 0.208. The van der Waals surface area contributed by atoms with Crippen LogP contribution < -0.4 is 0 Å². The fourth-order valence-electron chi connectivity index (χ4n) is 3.27. The van der Waals surface area contributed by atoms with E-state index in [0.29, 0.717) is 6.04 Å². The number of hydrogen-bond donors (Lipinski definition) is 0. The van der Waals surface area contributed by atoms with E-state index >= 15 is 0 Å². The van der Waals surface area contributed by atoms with E-state index in [-0.39, 0.29) is 0 Å². The molecule has 3 aromatic carbocycles. The molecule has 3 rings (SSSR count). The van der Waals surface area contributed by atoms with Crippen LogP contribution in [0.25, 0.3) is 0 Å². The molecule has 0 aromatic heterocycles. The molecule has 0 spiro atoms. The molecule has 136 valence electrons. The molecule has 1 atom stereocenters. The van der Waals surface area contributed by atoms with Gasteiger partial charge in [-0.3, -0.25) is 4.90 Å². The number of nitriles is 1. The van der Waals surface area contributed by atoms with Crippen LogP contribution >= 0.6 is 22.6 Å². The van der Waals surface area contributed by atoms with Crippen molar-refractivity contribution in [1.29, 1.82) is 5.26 Å². The zero-order chi connectivity index (χ0) is 18.9. The predicted octanol–water partition coefficient (Wildman–Crippen LogP) is 5.61. The fourth-order valence-corrected chi connectivity index (χ4v) is 4.14. The van der Waals surface area contributed by atoms with Gasteiger partial charge >= 0.3 is 0 Å². The zero-order valence-corrected chi connectivity index (χ0v) is 17.4. The predicted molar refractivity (Wildman–Crippen MR) is 120 cm³/mol. The van der Waals surface area contributed by atoms with Gasteiger partial charge in [-0.05, 0) is 35.2 Å². The van der Waals surface area contributed by atoms with Crippen molar-refractivity contribution in [2.75, 3.05) is 4.43 Å². The molecule has 0 radical (unpaired) electrons. The number of hydrogen-bond acceptors (Lipinski definition) is 2. The Morgan fingerprint density at radius 2 is 1.33 bits per heavy atom. The van der Waals surface area contributed by atoms with Crippen molar-refractivity contribution < 1.29 is 0 Å². The van der Waals surface area contributed by atoms with E-state index in [1.54, 1.807) is 0 Å². The second-order valence-electron chi connectivity index (χ2n) is 6.70. The van der Waals surface area contributed by atoms with Gasteiger partial charge in [0, 0.05) is 23.6 Å². The number of benzene rings is 3. The van der Waals surface area contributed by atoms with Gasteiger partial charge < -0.3 is 0 Å². The summed E-state index contributed by atoms with van der Waals surface area (Å²) in [4.78, 5) is 2.55. The summed E-state index contributed by atoms with van der Waals surface area (Å²) in [6, 6.07) is 32.0. The van der Waals surface area contributed by atoms with Crippen LogP contribution in [-0.4, -0.2) is 15.4 Å². The van der Waals surface area contributed by atoms with Gasteiger partial charge in [0.2, 0.25) is 0 Å². The van der Waals surface area contributed by atoms with E-state index in [0.717, 1.165) is 29.5 Å². The van der Waals surface area contributed by atoms with Crippen LogP contribution in [0.3, 0.4) is 0 Å². The molecule has 27 heavy (non-hydrogen) atoms. The first-order valence-electron chi connectivity index (χ1n) is 9.15. The zero-order valence-electron chi connectivity index (χ0n) is 15.3. The summed E-state index contributed by atoms with van der Waals surface area (Å²) in [5.74, 6) is 0. The summed E-state index contributed by atoms with van der Waals surface area (Å²) in [5, 5.41) is 9.19. The lowest BCUT2D eigenvalue weighted by atomic mass is 10.0. The highest BCUT2D eigenvalue weighted by Crippen LogP contribution is 2.19. The summed E-state index contributed by atoms with van der Waals surface area (Å²) in [6.45, 7) is 1.84. The molecule has 0 aliphatic rings. The second kappa shape index (κ2) is 10.2. The standard InChI is InChI=1S/C24H23IN2/c25-16-24(15-22-12-7-13-23(14-22)17-26)27(18-20-8-3-1-4-9-20)19-21-10-5-2-6-11-21/h1-14,24H,15-16,18-19H2/t24-/m0/s1. The van der Waals surface area contributed by atoms with E-state index in [1.165, 1.54) is 16.7 Å². The third-order valence-corrected chi connectivity index (χ3v) is 5.70. The third-order valence-electron chi connectivity index (χ3n) is 4.68. The largest absolute Gasteiger partial charge is 0.291 e. The molecule has 3 heteroatoms. The molecule has 0 heterocycles. The van der Waals surface area contributed by atoms with Crippen LogP contribution in [0.2, 0.25) is 0 Å². The number of halogens is 1. The molecule has 0 saturated heterocycles. The Morgan fingerprint density at radius 3 is 1.85 bits per heavy atom. The molecular formula is C24H23IN2. The molecule has 0 fully saturated rings. The number of alkyl halides is 1. The minimum Gasteiger partial charge on any atom is -0.291 e. The number of rotatable bonds is 8. The molecule has 0 unspecified atom stereocenters. The van der Waals surface area contributed by atoms with Crippen LogP contribution in [0.15, 0.2) is 84.9 Å². The molecule has 2 nitrogen and oxygen atoms in total. The number of nitrogens with zero attached hydrogens (tertiary/aromatic N) is 2. The average Bonchev–Trinajstić information content (AvgIpc) is 2.73. The van der Waals surface area contributed by atoms with Crippen molar-refractivity contribution in [2.45, 2.75) is 25.6 Å². The average molecular weight is 466 g/mol. The van der Waals surface area contributed by atoms with Crippen molar-refractivity contribution in [2.24, 2.45) is 0 Å². The lowest BCUT2D eigenvalue weighted by Crippen LogP contribution is -2.37. The Balaban J connectivity index is 1.82. The smallest absolute Gasteiger partial charge is 0.0991 e. The van der Waals surface area contributed by atoms with Crippen LogP contribution in [0.4, 0.5) is 0 Å². The first kappa shape index (κ1) is 19.6. The Bertz CT molecular complexity index is 830. The van der Waals surface area contributed by atoms with Crippen LogP contribution in [0.1, 0.15) is 22.3 Å². The van der Waals surface area contributed by atoms with Crippen molar-refractivity contribution in [3.8, 4) is 6.07 Å². The molecule has 0 N–H and O–H groups in total. The van der Waals surface area contributed by atoms with Crippen molar-refractivity contribution in [3.63, 3.8) is 0 Å². The quantitative estimate of drug-likeness (QED) is 0.319. The minimum atomic E-state index is 0.403. The summed E-state index contributed by atoms with van der Waals surface area (Å²) < 4.78 is 1.04. The highest BCUT2D eigenvalue weighted by atomic mass is 127. The maximum absolute atomic E-state index is 9.19. The van der Waals surface area contributed by atoms with E-state index < -0.39 is 0 Å². The van der Waals surface area contributed by atoms with Gasteiger partial charge in [-0.15, -0.1) is 0 Å². The molecule has 0 aliphatic carbocycles. The Labute approximate surface area is 175 Å². The highest BCUT2D eigenvalue weighted by molar-refractivity contribution is 14.1. The highest BCUT2D eigenvalue weighted by Gasteiger charge is 2.19. The van der Waals surface area contributed by atoms with E-state index in [9.17, 15) is 5.26 Å². The van der Waals surface area contributed by atoms with Gasteiger partial charge in [0.25, 0.3) is 0 Å². The van der Waals surface area contributed by atoms with Gasteiger partial charge in [0.15, 0.2) is 0 Å². The van der Waals surface area contributed by atoms with E-state index in [4.69, 9.17) is 0 Å². The molecular weight excluding hydrogens is 443 g/mol. The van der Waals surface area contributed by atoms with E-state index in [2.05, 4.69) is 100 Å². The monoisotopic (exact) mass is 466 g/mol. The third kappa shape index (κ3) is 5.92. The maximum Gasteiger partial charge on any atom is 0.0991 e. The molecule has 0 amide bonds. The lowest BCUT2D eigenvalue weighted by molar-refractivity contribution is 0.195. The van der Waals surface area contributed by atoms with Crippen molar-refractivity contribution in [1.82, 2.24) is 4.90 Å². The summed E-state index contributed by atoms with van der Waals surface area (Å²) >= 11 is 2.49. The van der Waals surface area contributed by atoms with E-state index in [1.807, 2.05) is 18.2 Å². The molecule has 0 bridgehead atoms. The van der Waals surface area contributed by atoms with Gasteiger partial charge in [0.1, 0.15) is 0 Å². The first-order valence-corrected chi connectivity index (χ1v) is 10.7. The van der Waals surface area contributed by atoms with Crippen LogP contribution in [0, 0.1) is 11.3 Å². The van der Waals surface area contributed by atoms with Crippen LogP contribution in [0.5, 0.6) is 0 Å². The van der Waals surface area contributed by atoms with Crippen LogP contribution in [-0.2, 0) is 19.5 Å². The Morgan fingerprint density at radius 1 is 0.778 bits per heavy atom. The van der Waals surface area contributed by atoms with Gasteiger partial charge in [0.05, 0.1) is 11.6 Å². The van der Waals surface area contributed by atoms with Gasteiger partial charge in [-0.1, -0.05) is 95.4 Å². The second-order valence-corrected chi connectivity index (χ2v) is 7.58. The van der Waals surface area contributed by atoms with Gasteiger partial charge in [-0.2, -0.15) is 5.26 Å². The Hall–Kier alpha value is -2.16. The minimum absolute atomic E-state index is 0.403. The summed E-state index contributed by atoms with van der Waals surface area (Å²) in [5.41, 5.74) is 4.61. The summed E-state index contributed by atoms with van der Waals surface area (Å²) in [7, 11) is 0. The Kier molecular flexibility index (Phi) is 7.44. The topological polar surface area (TPSA) is 27.0 Å². The maximum atomic E-state index is 9.19. The molecule has 3 aromatic rings. The lowest BCUT2D eigenvalue weighted by Gasteiger charge is -2.31. The normalized spacial score (nSPS) is 11.9. The molecule has 0 aliphatic heterocycles. The van der Waals surface area contributed by atoms with Crippen molar-refractivity contribution in [3.05, 3.63) is 107 Å². The van der Waals surface area contributed by atoms with Gasteiger partial charge in [-0.25, -0.2) is 0 Å². The molecule has 0 saturated carbocycles. The van der Waals surface area contributed by atoms with Crippen molar-refractivity contribution >= 4 is 22.6 Å². The summed E-state index contributed by atoms with van der Waals surface area (Å²) in [6.07, 6.45) is 0.943. The first-order chi connectivity index (χ1) is 13.3. The SMILES string of the molecule is N#Cc1cccc(C[C@@H](CI)N(Cc2ccccc2)Cc2ccccc2)c1.